The van der Waals surface area contributed by atoms with Crippen molar-refractivity contribution < 1.29 is 19.0 Å². The maximum absolute atomic E-state index is 13.1. The third-order valence-electron chi connectivity index (χ3n) is 2.29. The van der Waals surface area contributed by atoms with Crippen molar-refractivity contribution in [3.63, 3.8) is 0 Å². The van der Waals surface area contributed by atoms with Gasteiger partial charge in [0.05, 0.1) is 10.0 Å². The fraction of sp³-hybridized carbons (Fsp3) is 0. The Hall–Kier alpha value is -1.40. The number of carbonyl (C=O) groups is 1. The SMILES string of the molecule is O=C(O)c1ccc(Oc2cc(F)ccc2Br)cc1Br. The molecule has 0 spiro atoms. The zero-order valence-electron chi connectivity index (χ0n) is 9.36. The molecule has 0 aromatic heterocycles. The quantitative estimate of drug-likeness (QED) is 0.816. The van der Waals surface area contributed by atoms with E-state index in [4.69, 9.17) is 9.84 Å². The molecule has 0 saturated carbocycles. The topological polar surface area (TPSA) is 46.5 Å². The van der Waals surface area contributed by atoms with Crippen molar-refractivity contribution in [1.29, 1.82) is 0 Å². The van der Waals surface area contributed by atoms with Crippen LogP contribution < -0.4 is 4.74 Å². The number of aromatic carboxylic acids is 1. The molecule has 0 saturated heterocycles. The zero-order valence-corrected chi connectivity index (χ0v) is 12.5. The molecular formula is C13H7Br2FO3. The number of ether oxygens (including phenoxy) is 1. The fourth-order valence-electron chi connectivity index (χ4n) is 1.42. The van der Waals surface area contributed by atoms with Crippen LogP contribution in [0.3, 0.4) is 0 Å². The van der Waals surface area contributed by atoms with Gasteiger partial charge in [-0.25, -0.2) is 9.18 Å². The van der Waals surface area contributed by atoms with Crippen LogP contribution in [0.4, 0.5) is 4.39 Å². The van der Waals surface area contributed by atoms with Crippen LogP contribution in [0.5, 0.6) is 11.5 Å². The molecule has 2 aromatic carbocycles. The van der Waals surface area contributed by atoms with Gasteiger partial charge in [-0.1, -0.05) is 0 Å². The largest absolute Gasteiger partial charge is 0.478 e. The van der Waals surface area contributed by atoms with E-state index in [1.54, 1.807) is 0 Å². The van der Waals surface area contributed by atoms with Crippen LogP contribution in [0.1, 0.15) is 10.4 Å². The second-order valence-corrected chi connectivity index (χ2v) is 5.33. The Balaban J connectivity index is 2.31. The first-order valence-electron chi connectivity index (χ1n) is 5.13. The molecule has 0 aliphatic heterocycles. The first-order valence-corrected chi connectivity index (χ1v) is 6.71. The molecule has 1 N–H and O–H groups in total. The summed E-state index contributed by atoms with van der Waals surface area (Å²) in [4.78, 5) is 10.9. The molecule has 2 rings (SSSR count). The number of rotatable bonds is 3. The number of hydrogen-bond donors (Lipinski definition) is 1. The lowest BCUT2D eigenvalue weighted by atomic mass is 10.2. The van der Waals surface area contributed by atoms with Gasteiger partial charge in [-0.05, 0) is 62.2 Å². The van der Waals surface area contributed by atoms with E-state index in [9.17, 15) is 9.18 Å². The Morgan fingerprint density at radius 1 is 1.11 bits per heavy atom. The summed E-state index contributed by atoms with van der Waals surface area (Å²) in [5, 5.41) is 8.90. The highest BCUT2D eigenvalue weighted by Crippen LogP contribution is 2.32. The number of halogens is 3. The molecule has 0 aliphatic carbocycles. The van der Waals surface area contributed by atoms with Gasteiger partial charge in [-0.2, -0.15) is 0 Å². The highest BCUT2D eigenvalue weighted by molar-refractivity contribution is 9.10. The van der Waals surface area contributed by atoms with Crippen molar-refractivity contribution in [3.8, 4) is 11.5 Å². The van der Waals surface area contributed by atoms with Crippen molar-refractivity contribution in [1.82, 2.24) is 0 Å². The van der Waals surface area contributed by atoms with Crippen LogP contribution in [0.15, 0.2) is 45.3 Å². The summed E-state index contributed by atoms with van der Waals surface area (Å²) in [6.45, 7) is 0. The molecule has 0 unspecified atom stereocenters. The predicted octanol–water partition coefficient (Wildman–Crippen LogP) is 4.84. The summed E-state index contributed by atoms with van der Waals surface area (Å²) in [5.41, 5.74) is 0.130. The summed E-state index contributed by atoms with van der Waals surface area (Å²) in [7, 11) is 0. The minimum Gasteiger partial charge on any atom is -0.478 e. The summed E-state index contributed by atoms with van der Waals surface area (Å²) < 4.78 is 19.6. The van der Waals surface area contributed by atoms with Gasteiger partial charge >= 0.3 is 5.97 Å². The van der Waals surface area contributed by atoms with Gasteiger partial charge in [0.2, 0.25) is 0 Å². The second-order valence-electron chi connectivity index (χ2n) is 3.62. The summed E-state index contributed by atoms with van der Waals surface area (Å²) in [5.74, 6) is -0.733. The minimum absolute atomic E-state index is 0.130. The average molecular weight is 390 g/mol. The van der Waals surface area contributed by atoms with Crippen LogP contribution in [-0.4, -0.2) is 11.1 Å². The van der Waals surface area contributed by atoms with Gasteiger partial charge in [-0.3, -0.25) is 0 Å². The lowest BCUT2D eigenvalue weighted by molar-refractivity contribution is 0.0696. The van der Waals surface area contributed by atoms with Gasteiger partial charge in [0.15, 0.2) is 0 Å². The summed E-state index contributed by atoms with van der Waals surface area (Å²) >= 11 is 6.39. The predicted molar refractivity (Wildman–Crippen MR) is 75.3 cm³/mol. The van der Waals surface area contributed by atoms with E-state index in [-0.39, 0.29) is 5.56 Å². The van der Waals surface area contributed by atoms with Crippen LogP contribution in [0, 0.1) is 5.82 Å². The zero-order chi connectivity index (χ0) is 14.0. The van der Waals surface area contributed by atoms with E-state index in [0.29, 0.717) is 20.4 Å². The van der Waals surface area contributed by atoms with Crippen molar-refractivity contribution in [2.75, 3.05) is 0 Å². The Bertz CT molecular complexity index is 644. The number of benzene rings is 2. The van der Waals surface area contributed by atoms with E-state index in [1.807, 2.05) is 0 Å². The molecule has 3 nitrogen and oxygen atoms in total. The molecule has 0 fully saturated rings. The molecule has 6 heteroatoms. The van der Waals surface area contributed by atoms with Gasteiger partial charge in [0.1, 0.15) is 17.3 Å². The normalized spacial score (nSPS) is 10.3. The summed E-state index contributed by atoms with van der Waals surface area (Å²) in [6, 6.07) is 8.51. The van der Waals surface area contributed by atoms with Crippen molar-refractivity contribution in [3.05, 3.63) is 56.7 Å². The summed E-state index contributed by atoms with van der Waals surface area (Å²) in [6.07, 6.45) is 0. The van der Waals surface area contributed by atoms with Crippen LogP contribution in [0.2, 0.25) is 0 Å². The molecule has 2 aromatic rings. The van der Waals surface area contributed by atoms with Crippen molar-refractivity contribution >= 4 is 37.8 Å². The molecular weight excluding hydrogens is 383 g/mol. The van der Waals surface area contributed by atoms with Crippen molar-refractivity contribution in [2.45, 2.75) is 0 Å². The standard InChI is InChI=1S/C13H7Br2FO3/c14-10-4-1-7(16)5-12(10)19-8-2-3-9(13(17)18)11(15)6-8/h1-6H,(H,17,18). The van der Waals surface area contributed by atoms with Crippen LogP contribution in [-0.2, 0) is 0 Å². The lowest BCUT2D eigenvalue weighted by Gasteiger charge is -2.09. The molecule has 0 aliphatic rings. The molecule has 19 heavy (non-hydrogen) atoms. The van der Waals surface area contributed by atoms with Crippen LogP contribution in [0.25, 0.3) is 0 Å². The maximum Gasteiger partial charge on any atom is 0.336 e. The third kappa shape index (κ3) is 3.33. The third-order valence-corrected chi connectivity index (χ3v) is 3.60. The molecule has 98 valence electrons. The molecule has 0 bridgehead atoms. The highest BCUT2D eigenvalue weighted by atomic mass is 79.9. The Labute approximate surface area is 125 Å². The van der Waals surface area contributed by atoms with E-state index >= 15 is 0 Å². The molecule has 0 radical (unpaired) electrons. The van der Waals surface area contributed by atoms with E-state index in [0.717, 1.165) is 0 Å². The van der Waals surface area contributed by atoms with E-state index in [1.165, 1.54) is 36.4 Å². The molecule has 0 heterocycles. The van der Waals surface area contributed by atoms with Gasteiger partial charge in [0, 0.05) is 10.5 Å². The number of carboxylic acids is 1. The number of hydrogen-bond acceptors (Lipinski definition) is 2. The minimum atomic E-state index is -1.04. The van der Waals surface area contributed by atoms with Crippen LogP contribution >= 0.6 is 31.9 Å². The Morgan fingerprint density at radius 2 is 1.84 bits per heavy atom. The van der Waals surface area contributed by atoms with E-state index in [2.05, 4.69) is 31.9 Å². The van der Waals surface area contributed by atoms with Gasteiger partial charge in [0.25, 0.3) is 0 Å². The fourth-order valence-corrected chi connectivity index (χ4v) is 2.27. The first-order chi connectivity index (χ1) is 8.97. The first kappa shape index (κ1) is 14.0. The second kappa shape index (κ2) is 5.71. The Morgan fingerprint density at radius 3 is 2.47 bits per heavy atom. The van der Waals surface area contributed by atoms with Gasteiger partial charge in [-0.15, -0.1) is 0 Å². The maximum atomic E-state index is 13.1. The highest BCUT2D eigenvalue weighted by Gasteiger charge is 2.10. The number of carboxylic acid groups (broad SMARTS) is 1. The van der Waals surface area contributed by atoms with Crippen molar-refractivity contribution in [2.24, 2.45) is 0 Å². The Kier molecular flexibility index (Phi) is 4.21. The average Bonchev–Trinajstić information content (AvgIpc) is 2.33. The molecule has 0 atom stereocenters. The molecule has 0 amide bonds. The smallest absolute Gasteiger partial charge is 0.336 e. The monoisotopic (exact) mass is 388 g/mol. The van der Waals surface area contributed by atoms with Gasteiger partial charge < -0.3 is 9.84 Å². The van der Waals surface area contributed by atoms with E-state index < -0.39 is 11.8 Å². The lowest BCUT2D eigenvalue weighted by Crippen LogP contribution is -1.97.